The third-order valence-corrected chi connectivity index (χ3v) is 7.31. The first-order valence-electron chi connectivity index (χ1n) is 11.6. The van der Waals surface area contributed by atoms with Crippen LogP contribution in [-0.4, -0.2) is 6.36 Å². The van der Waals surface area contributed by atoms with Gasteiger partial charge in [-0.05, 0) is 78.7 Å². The molecule has 0 spiro atoms. The second-order valence-electron chi connectivity index (χ2n) is 9.33. The fourth-order valence-corrected chi connectivity index (χ4v) is 5.69. The highest BCUT2D eigenvalue weighted by Gasteiger charge is 2.33. The fourth-order valence-electron chi connectivity index (χ4n) is 5.69. The van der Waals surface area contributed by atoms with Crippen LogP contribution < -0.4 is 4.74 Å². The van der Waals surface area contributed by atoms with Crippen LogP contribution in [0.15, 0.2) is 30.3 Å². The highest BCUT2D eigenvalue weighted by molar-refractivity contribution is 5.67. The Balaban J connectivity index is 1.49. The van der Waals surface area contributed by atoms with Crippen molar-refractivity contribution in [3.63, 3.8) is 0 Å². The number of benzene rings is 2. The standard InChI is InChI=1S/C26H29F5O/c1-2-3-16-4-6-17(7-5-16)18-8-11-21-19(14-18)9-12-22(25(21)28)20-10-13-24(23(27)15-20)32-26(29,30)31/h9-10,12-13,15-18H,2-8,11,14H2,1H3. The van der Waals surface area contributed by atoms with Gasteiger partial charge in [-0.15, -0.1) is 13.2 Å². The minimum absolute atomic E-state index is 0.202. The van der Waals surface area contributed by atoms with E-state index in [0.717, 1.165) is 36.5 Å². The summed E-state index contributed by atoms with van der Waals surface area (Å²) in [6, 6.07) is 6.57. The minimum atomic E-state index is -4.98. The Kier molecular flexibility index (Phi) is 6.78. The van der Waals surface area contributed by atoms with Crippen LogP contribution in [0.3, 0.4) is 0 Å². The van der Waals surface area contributed by atoms with E-state index in [9.17, 15) is 17.6 Å². The topological polar surface area (TPSA) is 9.23 Å². The molecule has 1 saturated carbocycles. The number of hydrogen-bond acceptors (Lipinski definition) is 1. The lowest BCUT2D eigenvalue weighted by Crippen LogP contribution is -2.27. The van der Waals surface area contributed by atoms with Gasteiger partial charge < -0.3 is 4.74 Å². The van der Waals surface area contributed by atoms with Gasteiger partial charge in [0.2, 0.25) is 0 Å². The summed E-state index contributed by atoms with van der Waals surface area (Å²) >= 11 is 0. The van der Waals surface area contributed by atoms with Gasteiger partial charge in [-0.2, -0.15) is 0 Å². The zero-order valence-corrected chi connectivity index (χ0v) is 18.3. The maximum atomic E-state index is 15.3. The van der Waals surface area contributed by atoms with E-state index in [-0.39, 0.29) is 11.1 Å². The number of halogens is 5. The molecule has 2 aromatic carbocycles. The van der Waals surface area contributed by atoms with Gasteiger partial charge in [0.05, 0.1) is 0 Å². The Hall–Kier alpha value is -2.11. The van der Waals surface area contributed by atoms with Crippen LogP contribution in [0.1, 0.15) is 63.0 Å². The second kappa shape index (κ2) is 9.40. The number of hydrogen-bond donors (Lipinski definition) is 0. The average molecular weight is 453 g/mol. The van der Waals surface area contributed by atoms with Crippen molar-refractivity contribution >= 4 is 0 Å². The molecule has 0 aromatic heterocycles. The number of ether oxygens (including phenoxy) is 1. The van der Waals surface area contributed by atoms with E-state index in [1.165, 1.54) is 44.6 Å². The summed E-state index contributed by atoms with van der Waals surface area (Å²) in [6.45, 7) is 2.24. The van der Waals surface area contributed by atoms with Gasteiger partial charge in [0.1, 0.15) is 5.82 Å². The van der Waals surface area contributed by atoms with Crippen LogP contribution in [0.4, 0.5) is 22.0 Å². The van der Waals surface area contributed by atoms with Crippen LogP contribution in [0.5, 0.6) is 5.75 Å². The molecular weight excluding hydrogens is 423 g/mol. The highest BCUT2D eigenvalue weighted by atomic mass is 19.4. The lowest BCUT2D eigenvalue weighted by atomic mass is 9.69. The van der Waals surface area contributed by atoms with Crippen molar-refractivity contribution < 1.29 is 26.7 Å². The summed E-state index contributed by atoms with van der Waals surface area (Å²) in [5, 5.41) is 0. The number of rotatable bonds is 5. The highest BCUT2D eigenvalue weighted by Crippen LogP contribution is 2.42. The van der Waals surface area contributed by atoms with Gasteiger partial charge >= 0.3 is 6.36 Å². The molecule has 2 aliphatic carbocycles. The van der Waals surface area contributed by atoms with Crippen molar-refractivity contribution in [3.8, 4) is 16.9 Å². The summed E-state index contributed by atoms with van der Waals surface area (Å²) in [5.41, 5.74) is 2.08. The third kappa shape index (κ3) is 5.10. The first-order valence-corrected chi connectivity index (χ1v) is 11.6. The molecule has 0 N–H and O–H groups in total. The first-order chi connectivity index (χ1) is 15.2. The van der Waals surface area contributed by atoms with E-state index in [2.05, 4.69) is 11.7 Å². The molecule has 2 aromatic rings. The van der Waals surface area contributed by atoms with Crippen molar-refractivity contribution in [3.05, 3.63) is 53.1 Å². The number of alkyl halides is 3. The van der Waals surface area contributed by atoms with E-state index >= 15 is 4.39 Å². The maximum Gasteiger partial charge on any atom is 0.573 e. The van der Waals surface area contributed by atoms with Gasteiger partial charge in [-0.25, -0.2) is 8.78 Å². The molecule has 1 atom stereocenters. The van der Waals surface area contributed by atoms with Crippen LogP contribution >= 0.6 is 0 Å². The van der Waals surface area contributed by atoms with E-state index in [4.69, 9.17) is 0 Å². The average Bonchev–Trinajstić information content (AvgIpc) is 2.75. The Morgan fingerprint density at radius 3 is 2.34 bits per heavy atom. The van der Waals surface area contributed by atoms with E-state index in [1.807, 2.05) is 6.07 Å². The van der Waals surface area contributed by atoms with Crippen molar-refractivity contribution in [2.75, 3.05) is 0 Å². The largest absolute Gasteiger partial charge is 0.573 e. The van der Waals surface area contributed by atoms with E-state index < -0.39 is 23.7 Å². The van der Waals surface area contributed by atoms with Crippen molar-refractivity contribution in [2.24, 2.45) is 17.8 Å². The molecule has 174 valence electrons. The maximum absolute atomic E-state index is 15.3. The molecule has 6 heteroatoms. The lowest BCUT2D eigenvalue weighted by molar-refractivity contribution is -0.275. The van der Waals surface area contributed by atoms with Crippen molar-refractivity contribution in [1.29, 1.82) is 0 Å². The predicted molar refractivity (Wildman–Crippen MR) is 114 cm³/mol. The van der Waals surface area contributed by atoms with Gasteiger partial charge in [-0.1, -0.05) is 50.8 Å². The summed E-state index contributed by atoms with van der Waals surface area (Å²) in [6.07, 6.45) is 5.16. The number of fused-ring (bicyclic) bond motifs is 1. The van der Waals surface area contributed by atoms with Gasteiger partial charge in [-0.3, -0.25) is 0 Å². The summed E-state index contributed by atoms with van der Waals surface area (Å²) in [7, 11) is 0. The third-order valence-electron chi connectivity index (χ3n) is 7.31. The molecular formula is C26H29F5O. The van der Waals surface area contributed by atoms with Crippen LogP contribution in [0.2, 0.25) is 0 Å². The quantitative estimate of drug-likeness (QED) is 0.415. The van der Waals surface area contributed by atoms with Crippen LogP contribution in [0.25, 0.3) is 11.1 Å². The lowest BCUT2D eigenvalue weighted by Gasteiger charge is -2.36. The molecule has 0 heterocycles. The van der Waals surface area contributed by atoms with Gasteiger partial charge in [0.25, 0.3) is 0 Å². The predicted octanol–water partition coefficient (Wildman–Crippen LogP) is 8.24. The molecule has 2 aliphatic rings. The van der Waals surface area contributed by atoms with E-state index in [0.29, 0.717) is 23.8 Å². The molecule has 0 radical (unpaired) electrons. The van der Waals surface area contributed by atoms with E-state index in [1.54, 1.807) is 6.07 Å². The summed E-state index contributed by atoms with van der Waals surface area (Å²) < 4.78 is 70.2. The molecule has 0 bridgehead atoms. The zero-order chi connectivity index (χ0) is 22.9. The summed E-state index contributed by atoms with van der Waals surface area (Å²) in [4.78, 5) is 0. The second-order valence-corrected chi connectivity index (χ2v) is 9.33. The van der Waals surface area contributed by atoms with Crippen LogP contribution in [-0.2, 0) is 12.8 Å². The monoisotopic (exact) mass is 452 g/mol. The van der Waals surface area contributed by atoms with Crippen molar-refractivity contribution in [2.45, 2.75) is 71.1 Å². The molecule has 1 nitrogen and oxygen atoms in total. The van der Waals surface area contributed by atoms with Gasteiger partial charge in [0.15, 0.2) is 11.6 Å². The SMILES string of the molecule is CCCC1CCC(C2CCc3c(ccc(-c4ccc(OC(F)(F)F)c(F)c4)c3F)C2)CC1. The zero-order valence-electron chi connectivity index (χ0n) is 18.3. The Morgan fingerprint density at radius 1 is 0.938 bits per heavy atom. The fraction of sp³-hybridized carbons (Fsp3) is 0.538. The normalized spacial score (nSPS) is 23.6. The Morgan fingerprint density at radius 2 is 1.69 bits per heavy atom. The molecule has 4 rings (SSSR count). The van der Waals surface area contributed by atoms with Crippen LogP contribution in [0, 0.1) is 29.4 Å². The molecule has 1 unspecified atom stereocenters. The first kappa shape index (κ1) is 23.1. The minimum Gasteiger partial charge on any atom is -0.403 e. The summed E-state index contributed by atoms with van der Waals surface area (Å²) in [5.74, 6) is -0.343. The molecule has 0 saturated heterocycles. The molecule has 1 fully saturated rings. The smallest absolute Gasteiger partial charge is 0.403 e. The molecule has 32 heavy (non-hydrogen) atoms. The molecule has 0 aliphatic heterocycles. The Bertz CT molecular complexity index is 944. The molecule has 0 amide bonds. The van der Waals surface area contributed by atoms with Crippen molar-refractivity contribution in [1.82, 2.24) is 0 Å². The van der Waals surface area contributed by atoms with Gasteiger partial charge in [0, 0.05) is 5.56 Å². The Labute approximate surface area is 186 Å².